The molecule has 2 amide bonds. The van der Waals surface area contributed by atoms with Crippen molar-refractivity contribution < 1.29 is 23.8 Å². The molecule has 216 valence electrons. The SMILES string of the molecule is CCCN(CC1CC1)C(=O)C[C@@H]1CC[C@@H](N(C(=O)c2ccc(OC)c(OCCCOC)c2)C(C)C)CN1.Cl. The second-order valence-corrected chi connectivity index (χ2v) is 10.7. The van der Waals surface area contributed by atoms with Crippen molar-refractivity contribution in [2.75, 3.05) is 47.1 Å². The zero-order valence-electron chi connectivity index (χ0n) is 23.9. The predicted molar refractivity (Wildman–Crippen MR) is 153 cm³/mol. The van der Waals surface area contributed by atoms with Crippen LogP contribution in [0.15, 0.2) is 18.2 Å². The molecule has 1 saturated heterocycles. The highest BCUT2D eigenvalue weighted by Crippen LogP contribution is 2.31. The Morgan fingerprint density at radius 1 is 1.08 bits per heavy atom. The third kappa shape index (κ3) is 9.31. The molecule has 2 atom stereocenters. The van der Waals surface area contributed by atoms with Crippen molar-refractivity contribution in [3.8, 4) is 11.5 Å². The minimum Gasteiger partial charge on any atom is -0.493 e. The number of carbonyl (C=O) groups is 2. The van der Waals surface area contributed by atoms with E-state index >= 15 is 0 Å². The van der Waals surface area contributed by atoms with Crippen molar-refractivity contribution in [1.82, 2.24) is 15.1 Å². The maximum absolute atomic E-state index is 13.7. The summed E-state index contributed by atoms with van der Waals surface area (Å²) in [6.07, 6.45) is 6.56. The molecule has 2 fully saturated rings. The topological polar surface area (TPSA) is 80.3 Å². The Bertz CT molecular complexity index is 872. The molecule has 0 bridgehead atoms. The molecular weight excluding hydrogens is 506 g/mol. The molecule has 0 radical (unpaired) electrons. The van der Waals surface area contributed by atoms with Crippen molar-refractivity contribution in [3.63, 3.8) is 0 Å². The molecule has 1 aromatic carbocycles. The molecule has 0 spiro atoms. The Hall–Kier alpha value is -2.03. The summed E-state index contributed by atoms with van der Waals surface area (Å²) in [5.74, 6) is 2.13. The summed E-state index contributed by atoms with van der Waals surface area (Å²) in [7, 11) is 3.26. The van der Waals surface area contributed by atoms with E-state index in [1.54, 1.807) is 32.4 Å². The van der Waals surface area contributed by atoms with Gasteiger partial charge in [-0.05, 0) is 70.1 Å². The zero-order valence-corrected chi connectivity index (χ0v) is 24.7. The third-order valence-electron chi connectivity index (χ3n) is 7.28. The van der Waals surface area contributed by atoms with E-state index in [1.165, 1.54) is 12.8 Å². The minimum atomic E-state index is -0.0146. The smallest absolute Gasteiger partial charge is 0.254 e. The van der Waals surface area contributed by atoms with E-state index in [0.29, 0.717) is 49.2 Å². The van der Waals surface area contributed by atoms with Crippen LogP contribution in [0.2, 0.25) is 0 Å². The summed E-state index contributed by atoms with van der Waals surface area (Å²) >= 11 is 0. The minimum absolute atomic E-state index is 0. The van der Waals surface area contributed by atoms with Crippen molar-refractivity contribution in [3.05, 3.63) is 23.8 Å². The largest absolute Gasteiger partial charge is 0.493 e. The van der Waals surface area contributed by atoms with Gasteiger partial charge in [-0.25, -0.2) is 0 Å². The Morgan fingerprint density at radius 2 is 1.84 bits per heavy atom. The fourth-order valence-corrected chi connectivity index (χ4v) is 5.13. The molecule has 1 aliphatic heterocycles. The van der Waals surface area contributed by atoms with Crippen LogP contribution in [-0.4, -0.2) is 86.8 Å². The number of hydrogen-bond donors (Lipinski definition) is 1. The predicted octanol–water partition coefficient (Wildman–Crippen LogP) is 4.54. The van der Waals surface area contributed by atoms with E-state index in [0.717, 1.165) is 38.8 Å². The van der Waals surface area contributed by atoms with Gasteiger partial charge in [0.1, 0.15) is 0 Å². The molecule has 8 nitrogen and oxygen atoms in total. The number of nitrogens with one attached hydrogen (secondary N) is 1. The fourth-order valence-electron chi connectivity index (χ4n) is 5.13. The lowest BCUT2D eigenvalue weighted by atomic mass is 9.95. The number of rotatable bonds is 15. The maximum Gasteiger partial charge on any atom is 0.254 e. The van der Waals surface area contributed by atoms with E-state index in [4.69, 9.17) is 14.2 Å². The van der Waals surface area contributed by atoms with Gasteiger partial charge in [-0.2, -0.15) is 0 Å². The highest BCUT2D eigenvalue weighted by molar-refractivity contribution is 5.95. The van der Waals surface area contributed by atoms with Gasteiger partial charge in [-0.15, -0.1) is 12.4 Å². The third-order valence-corrected chi connectivity index (χ3v) is 7.28. The number of methoxy groups -OCH3 is 2. The Labute approximate surface area is 235 Å². The number of carbonyl (C=O) groups excluding carboxylic acids is 2. The van der Waals surface area contributed by atoms with Gasteiger partial charge in [-0.3, -0.25) is 9.59 Å². The van der Waals surface area contributed by atoms with Crippen LogP contribution in [0.25, 0.3) is 0 Å². The first-order valence-corrected chi connectivity index (χ1v) is 14.0. The van der Waals surface area contributed by atoms with Crippen LogP contribution < -0.4 is 14.8 Å². The highest BCUT2D eigenvalue weighted by atomic mass is 35.5. The molecule has 0 unspecified atom stereocenters. The standard InChI is InChI=1S/C29H47N3O5.ClH/c1-6-14-31(20-22-8-9-22)28(33)18-24-11-12-25(19-30-24)32(21(2)3)29(34)23-10-13-26(36-5)27(17-23)37-16-7-15-35-4;/h10,13,17,21-22,24-25,30H,6-9,11-12,14-16,18-20H2,1-5H3;1H/t24-,25+;/m0./s1. The molecular formula is C29H48ClN3O5. The van der Waals surface area contributed by atoms with Crippen LogP contribution in [0.3, 0.4) is 0 Å². The van der Waals surface area contributed by atoms with Gasteiger partial charge in [0, 0.05) is 69.9 Å². The number of piperidine rings is 1. The lowest BCUT2D eigenvalue weighted by Crippen LogP contribution is -2.54. The molecule has 1 heterocycles. The van der Waals surface area contributed by atoms with Gasteiger partial charge in [-0.1, -0.05) is 6.92 Å². The van der Waals surface area contributed by atoms with Gasteiger partial charge < -0.3 is 29.3 Å². The fraction of sp³-hybridized carbons (Fsp3) is 0.724. The van der Waals surface area contributed by atoms with E-state index < -0.39 is 0 Å². The Kier molecular flexibility index (Phi) is 13.7. The second-order valence-electron chi connectivity index (χ2n) is 10.7. The first kappa shape index (κ1) is 32.2. The van der Waals surface area contributed by atoms with Crippen molar-refractivity contribution in [1.29, 1.82) is 0 Å². The van der Waals surface area contributed by atoms with Gasteiger partial charge in [0.15, 0.2) is 11.5 Å². The van der Waals surface area contributed by atoms with Crippen molar-refractivity contribution >= 4 is 24.2 Å². The second kappa shape index (κ2) is 16.2. The van der Waals surface area contributed by atoms with Crippen LogP contribution in [0.5, 0.6) is 11.5 Å². The van der Waals surface area contributed by atoms with Crippen molar-refractivity contribution in [2.45, 2.75) is 83.8 Å². The average molecular weight is 554 g/mol. The molecule has 1 saturated carbocycles. The first-order chi connectivity index (χ1) is 17.9. The highest BCUT2D eigenvalue weighted by Gasteiger charge is 2.33. The Balaban J connectivity index is 0.00000507. The number of hydrogen-bond acceptors (Lipinski definition) is 6. The monoisotopic (exact) mass is 553 g/mol. The zero-order chi connectivity index (χ0) is 26.8. The average Bonchev–Trinajstić information content (AvgIpc) is 3.71. The summed E-state index contributed by atoms with van der Waals surface area (Å²) in [6, 6.07) is 5.66. The van der Waals surface area contributed by atoms with Crippen LogP contribution in [0.1, 0.15) is 76.1 Å². The van der Waals surface area contributed by atoms with Gasteiger partial charge in [0.25, 0.3) is 5.91 Å². The molecule has 1 aromatic rings. The number of benzene rings is 1. The molecule has 3 rings (SSSR count). The number of halogens is 1. The van der Waals surface area contributed by atoms with E-state index in [-0.39, 0.29) is 42.3 Å². The quantitative estimate of drug-likeness (QED) is 0.321. The van der Waals surface area contributed by atoms with E-state index in [1.807, 2.05) is 4.90 Å². The van der Waals surface area contributed by atoms with Gasteiger partial charge in [0.2, 0.25) is 5.91 Å². The summed E-state index contributed by atoms with van der Waals surface area (Å²) in [4.78, 5) is 30.7. The summed E-state index contributed by atoms with van der Waals surface area (Å²) < 4.78 is 16.4. The lowest BCUT2D eigenvalue weighted by Gasteiger charge is -2.40. The number of amides is 2. The van der Waals surface area contributed by atoms with Crippen LogP contribution in [0, 0.1) is 5.92 Å². The van der Waals surface area contributed by atoms with Crippen LogP contribution in [0.4, 0.5) is 0 Å². The molecule has 1 aliphatic carbocycles. The molecule has 0 aromatic heterocycles. The Morgan fingerprint density at radius 3 is 2.42 bits per heavy atom. The lowest BCUT2D eigenvalue weighted by molar-refractivity contribution is -0.132. The first-order valence-electron chi connectivity index (χ1n) is 14.0. The molecule has 9 heteroatoms. The summed E-state index contributed by atoms with van der Waals surface area (Å²) in [5, 5.41) is 3.58. The number of nitrogens with zero attached hydrogens (tertiary/aromatic N) is 2. The molecule has 2 aliphatic rings. The summed E-state index contributed by atoms with van der Waals surface area (Å²) in [5.41, 5.74) is 0.587. The van der Waals surface area contributed by atoms with E-state index in [2.05, 4.69) is 31.0 Å². The maximum atomic E-state index is 13.7. The van der Waals surface area contributed by atoms with Crippen LogP contribution >= 0.6 is 12.4 Å². The summed E-state index contributed by atoms with van der Waals surface area (Å²) in [6.45, 7) is 9.79. The van der Waals surface area contributed by atoms with Crippen LogP contribution in [-0.2, 0) is 9.53 Å². The van der Waals surface area contributed by atoms with Gasteiger partial charge in [0.05, 0.1) is 13.7 Å². The molecule has 1 N–H and O–H groups in total. The normalized spacial score (nSPS) is 19.0. The number of ether oxygens (including phenoxy) is 3. The van der Waals surface area contributed by atoms with Gasteiger partial charge >= 0.3 is 0 Å². The van der Waals surface area contributed by atoms with Crippen molar-refractivity contribution in [2.24, 2.45) is 5.92 Å². The van der Waals surface area contributed by atoms with E-state index in [9.17, 15) is 9.59 Å². The molecule has 38 heavy (non-hydrogen) atoms.